The molecule has 0 aliphatic heterocycles. The molecule has 0 aliphatic carbocycles. The van der Waals surface area contributed by atoms with E-state index in [9.17, 15) is 4.79 Å². The van der Waals surface area contributed by atoms with Crippen LogP contribution < -0.4 is 5.32 Å². The van der Waals surface area contributed by atoms with Gasteiger partial charge in [-0.2, -0.15) is 5.10 Å². The summed E-state index contributed by atoms with van der Waals surface area (Å²) in [5.41, 5.74) is 4.26. The van der Waals surface area contributed by atoms with Crippen molar-refractivity contribution in [2.75, 3.05) is 5.32 Å². The number of carbonyl (C=O) groups excluding carboxylic acids is 1. The number of nitrogens with one attached hydrogen (secondary N) is 1. The number of thiazole rings is 1. The second-order valence-corrected chi connectivity index (χ2v) is 6.84. The van der Waals surface area contributed by atoms with Crippen molar-refractivity contribution in [3.05, 3.63) is 82.9 Å². The highest BCUT2D eigenvalue weighted by atomic mass is 32.1. The first-order chi connectivity index (χ1) is 12.7. The molecule has 4 aromatic rings. The molecule has 0 atom stereocenters. The van der Waals surface area contributed by atoms with Gasteiger partial charge in [0.2, 0.25) is 0 Å². The van der Waals surface area contributed by atoms with E-state index in [0.717, 1.165) is 27.6 Å². The lowest BCUT2D eigenvalue weighted by molar-refractivity contribution is 0.102. The first kappa shape index (κ1) is 16.2. The van der Waals surface area contributed by atoms with Gasteiger partial charge in [0.25, 0.3) is 5.91 Å². The Kier molecular flexibility index (Phi) is 4.33. The number of hydrogen-bond acceptors (Lipinski definition) is 4. The zero-order valence-corrected chi connectivity index (χ0v) is 14.9. The summed E-state index contributed by atoms with van der Waals surface area (Å²) < 4.78 is 1.75. The highest BCUT2D eigenvalue weighted by Gasteiger charge is 2.08. The number of aryl methyl sites for hydroxylation is 1. The third kappa shape index (κ3) is 3.41. The van der Waals surface area contributed by atoms with Gasteiger partial charge in [0.1, 0.15) is 0 Å². The van der Waals surface area contributed by atoms with Gasteiger partial charge < -0.3 is 5.32 Å². The summed E-state index contributed by atoms with van der Waals surface area (Å²) in [6, 6.07) is 16.9. The lowest BCUT2D eigenvalue weighted by atomic mass is 10.1. The first-order valence-electron chi connectivity index (χ1n) is 8.13. The fourth-order valence-electron chi connectivity index (χ4n) is 2.61. The van der Waals surface area contributed by atoms with E-state index in [4.69, 9.17) is 0 Å². The third-order valence-electron chi connectivity index (χ3n) is 3.96. The molecule has 0 saturated carbocycles. The summed E-state index contributed by atoms with van der Waals surface area (Å²) >= 11 is 1.62. The average Bonchev–Trinajstić information content (AvgIpc) is 3.34. The molecule has 0 saturated heterocycles. The number of rotatable bonds is 4. The number of hydrogen-bond donors (Lipinski definition) is 1. The lowest BCUT2D eigenvalue weighted by Gasteiger charge is -2.07. The van der Waals surface area contributed by atoms with E-state index in [1.165, 1.54) is 0 Å². The van der Waals surface area contributed by atoms with Crippen LogP contribution in [0.4, 0.5) is 5.69 Å². The number of aromatic nitrogens is 3. The van der Waals surface area contributed by atoms with E-state index in [1.54, 1.807) is 34.3 Å². The molecular formula is C20H16N4OS. The normalized spacial score (nSPS) is 10.7. The van der Waals surface area contributed by atoms with Gasteiger partial charge in [0.15, 0.2) is 0 Å². The molecule has 0 unspecified atom stereocenters. The Bertz CT molecular complexity index is 1020. The van der Waals surface area contributed by atoms with Gasteiger partial charge in [-0.1, -0.05) is 12.1 Å². The summed E-state index contributed by atoms with van der Waals surface area (Å²) in [7, 11) is 0. The third-order valence-corrected chi connectivity index (χ3v) is 4.73. The number of anilines is 1. The predicted octanol–water partition coefficient (Wildman–Crippen LogP) is 4.56. The van der Waals surface area contributed by atoms with Gasteiger partial charge in [-0.05, 0) is 49.4 Å². The number of benzene rings is 2. The van der Waals surface area contributed by atoms with Crippen LogP contribution in [0, 0.1) is 6.92 Å². The molecular weight excluding hydrogens is 344 g/mol. The smallest absolute Gasteiger partial charge is 0.255 e. The minimum absolute atomic E-state index is 0.144. The van der Waals surface area contributed by atoms with Crippen molar-refractivity contribution in [2.24, 2.45) is 0 Å². The minimum Gasteiger partial charge on any atom is -0.322 e. The van der Waals surface area contributed by atoms with Crippen molar-refractivity contribution in [2.45, 2.75) is 6.92 Å². The van der Waals surface area contributed by atoms with Crippen molar-refractivity contribution in [1.82, 2.24) is 14.8 Å². The molecule has 26 heavy (non-hydrogen) atoms. The van der Waals surface area contributed by atoms with E-state index in [0.29, 0.717) is 5.56 Å². The Balaban J connectivity index is 1.46. The van der Waals surface area contributed by atoms with E-state index in [1.807, 2.05) is 61.0 Å². The molecule has 128 valence electrons. The molecule has 0 bridgehead atoms. The van der Waals surface area contributed by atoms with Crippen molar-refractivity contribution in [3.8, 4) is 16.9 Å². The van der Waals surface area contributed by atoms with Crippen LogP contribution in [-0.4, -0.2) is 20.7 Å². The summed E-state index contributed by atoms with van der Waals surface area (Å²) in [6.07, 6.45) is 3.58. The van der Waals surface area contributed by atoms with Crippen LogP contribution in [0.3, 0.4) is 0 Å². The molecule has 4 rings (SSSR count). The standard InChI is InChI=1S/C20H16N4OS/c1-14-22-19(13-26-14)15-3-7-17(8-4-15)23-20(25)16-5-9-18(10-6-16)24-12-2-11-21-24/h2-13H,1H3,(H,23,25). The SMILES string of the molecule is Cc1nc(-c2ccc(NC(=O)c3ccc(-n4cccn4)cc3)cc2)cs1. The van der Waals surface area contributed by atoms with E-state index < -0.39 is 0 Å². The van der Waals surface area contributed by atoms with E-state index >= 15 is 0 Å². The maximum absolute atomic E-state index is 12.4. The fourth-order valence-corrected chi connectivity index (χ4v) is 3.23. The first-order valence-corrected chi connectivity index (χ1v) is 9.01. The van der Waals surface area contributed by atoms with Crippen LogP contribution in [-0.2, 0) is 0 Å². The molecule has 0 aliphatic rings. The maximum Gasteiger partial charge on any atom is 0.255 e. The molecule has 1 N–H and O–H groups in total. The Morgan fingerprint density at radius 2 is 1.85 bits per heavy atom. The lowest BCUT2D eigenvalue weighted by Crippen LogP contribution is -2.11. The van der Waals surface area contributed by atoms with Gasteiger partial charge in [0.05, 0.1) is 16.4 Å². The van der Waals surface area contributed by atoms with E-state index in [2.05, 4.69) is 15.4 Å². The maximum atomic E-state index is 12.4. The van der Waals surface area contributed by atoms with Crippen LogP contribution in [0.1, 0.15) is 15.4 Å². The molecule has 0 fully saturated rings. The van der Waals surface area contributed by atoms with Crippen LogP contribution >= 0.6 is 11.3 Å². The second kappa shape index (κ2) is 6.93. The molecule has 5 nitrogen and oxygen atoms in total. The van der Waals surface area contributed by atoms with Gasteiger partial charge in [0, 0.05) is 34.6 Å². The van der Waals surface area contributed by atoms with Crippen molar-refractivity contribution < 1.29 is 4.79 Å². The average molecular weight is 360 g/mol. The van der Waals surface area contributed by atoms with Crippen molar-refractivity contribution in [1.29, 1.82) is 0 Å². The van der Waals surface area contributed by atoms with Gasteiger partial charge >= 0.3 is 0 Å². The topological polar surface area (TPSA) is 59.8 Å². The van der Waals surface area contributed by atoms with Gasteiger partial charge in [-0.25, -0.2) is 9.67 Å². The Morgan fingerprint density at radius 3 is 2.46 bits per heavy atom. The van der Waals surface area contributed by atoms with Crippen molar-refractivity contribution >= 4 is 22.9 Å². The highest BCUT2D eigenvalue weighted by molar-refractivity contribution is 7.09. The monoisotopic (exact) mass is 360 g/mol. The summed E-state index contributed by atoms with van der Waals surface area (Å²) in [5, 5.41) is 10.2. The second-order valence-electron chi connectivity index (χ2n) is 5.78. The Morgan fingerprint density at radius 1 is 1.08 bits per heavy atom. The van der Waals surface area contributed by atoms with Crippen molar-refractivity contribution in [3.63, 3.8) is 0 Å². The Hall–Kier alpha value is -3.25. The number of amides is 1. The van der Waals surface area contributed by atoms with Gasteiger partial charge in [-0.15, -0.1) is 11.3 Å². The quantitative estimate of drug-likeness (QED) is 0.580. The van der Waals surface area contributed by atoms with Crippen LogP contribution in [0.5, 0.6) is 0 Å². The molecule has 6 heteroatoms. The highest BCUT2D eigenvalue weighted by Crippen LogP contribution is 2.23. The van der Waals surface area contributed by atoms with Crippen LogP contribution in [0.2, 0.25) is 0 Å². The molecule has 0 radical (unpaired) electrons. The van der Waals surface area contributed by atoms with E-state index in [-0.39, 0.29) is 5.91 Å². The summed E-state index contributed by atoms with van der Waals surface area (Å²) in [6.45, 7) is 1.99. The number of nitrogens with zero attached hydrogens (tertiary/aromatic N) is 3. The largest absolute Gasteiger partial charge is 0.322 e. The minimum atomic E-state index is -0.144. The predicted molar refractivity (Wildman–Crippen MR) is 104 cm³/mol. The zero-order chi connectivity index (χ0) is 17.9. The zero-order valence-electron chi connectivity index (χ0n) is 14.1. The molecule has 0 spiro atoms. The number of carbonyl (C=O) groups is 1. The molecule has 2 aromatic carbocycles. The van der Waals surface area contributed by atoms with Gasteiger partial charge in [-0.3, -0.25) is 4.79 Å². The molecule has 1 amide bonds. The Labute approximate surface area is 155 Å². The fraction of sp³-hybridized carbons (Fsp3) is 0.0500. The summed E-state index contributed by atoms with van der Waals surface area (Å²) in [4.78, 5) is 16.9. The molecule has 2 aromatic heterocycles. The summed E-state index contributed by atoms with van der Waals surface area (Å²) in [5.74, 6) is -0.144. The molecule has 2 heterocycles. The van der Waals surface area contributed by atoms with Crippen LogP contribution in [0.25, 0.3) is 16.9 Å². The van der Waals surface area contributed by atoms with Crippen LogP contribution in [0.15, 0.2) is 72.4 Å².